The number of carbonyl (C=O) groups is 1. The summed E-state index contributed by atoms with van der Waals surface area (Å²) in [5.74, 6) is -0.951. The summed E-state index contributed by atoms with van der Waals surface area (Å²) in [6, 6.07) is 22.4. The van der Waals surface area contributed by atoms with Crippen LogP contribution in [0.1, 0.15) is 48.7 Å². The average Bonchev–Trinajstić information content (AvgIpc) is 3.50. The van der Waals surface area contributed by atoms with Gasteiger partial charge >= 0.3 is 5.97 Å². The number of azo groups is 3. The van der Waals surface area contributed by atoms with E-state index in [4.69, 9.17) is 4.74 Å². The molecule has 0 saturated heterocycles. The first-order chi connectivity index (χ1) is 20.9. The van der Waals surface area contributed by atoms with Crippen molar-refractivity contribution in [1.29, 1.82) is 0 Å². The van der Waals surface area contributed by atoms with E-state index in [0.717, 1.165) is 30.6 Å². The van der Waals surface area contributed by atoms with Gasteiger partial charge in [0.05, 0.1) is 29.4 Å². The van der Waals surface area contributed by atoms with Crippen molar-refractivity contribution in [3.63, 3.8) is 0 Å². The molecule has 11 heteroatoms. The number of halogens is 1. The molecule has 1 aromatic heterocycles. The zero-order valence-electron chi connectivity index (χ0n) is 24.5. The molecule has 0 spiro atoms. The van der Waals surface area contributed by atoms with E-state index in [0.29, 0.717) is 33.5 Å². The van der Waals surface area contributed by atoms with E-state index < -0.39 is 5.82 Å². The van der Waals surface area contributed by atoms with E-state index >= 15 is 0 Å². The number of hydrogen-bond donors (Lipinski definition) is 0. The molecule has 3 aromatic carbocycles. The molecule has 0 fully saturated rings. The zero-order valence-corrected chi connectivity index (χ0v) is 25.3. The summed E-state index contributed by atoms with van der Waals surface area (Å²) < 4.78 is 20.0. The monoisotopic (exact) mass is 599 g/mol. The van der Waals surface area contributed by atoms with E-state index in [1.807, 2.05) is 43.3 Å². The quantitative estimate of drug-likeness (QED) is 0.0817. The van der Waals surface area contributed by atoms with Gasteiger partial charge in [0.25, 0.3) is 0 Å². The Labute approximate surface area is 254 Å². The SMILES string of the molecule is CCCCCCCOC(=O)c1ccc(N=Nc2ccc(N=Nc3ccc(N=Nc4ccc(N(C)C)cc4)cc3)c(F)c2)s1. The molecular weight excluding hydrogens is 565 g/mol. The fourth-order valence-corrected chi connectivity index (χ4v) is 4.53. The third-order valence-corrected chi connectivity index (χ3v) is 7.19. The molecule has 222 valence electrons. The van der Waals surface area contributed by atoms with E-state index in [-0.39, 0.29) is 11.7 Å². The van der Waals surface area contributed by atoms with Crippen molar-refractivity contribution in [2.24, 2.45) is 30.7 Å². The van der Waals surface area contributed by atoms with Crippen LogP contribution in [0.15, 0.2) is 110 Å². The highest BCUT2D eigenvalue weighted by Gasteiger charge is 2.11. The van der Waals surface area contributed by atoms with Crippen LogP contribution in [0.5, 0.6) is 0 Å². The predicted octanol–water partition coefficient (Wildman–Crippen LogP) is 11.3. The summed E-state index contributed by atoms with van der Waals surface area (Å²) in [5, 5.41) is 25.4. The summed E-state index contributed by atoms with van der Waals surface area (Å²) in [6.07, 6.45) is 5.43. The highest BCUT2D eigenvalue weighted by Crippen LogP contribution is 2.30. The second-order valence-electron chi connectivity index (χ2n) is 9.85. The second kappa shape index (κ2) is 16.1. The molecule has 0 radical (unpaired) electrons. The van der Waals surface area contributed by atoms with Crippen LogP contribution >= 0.6 is 11.3 Å². The summed E-state index contributed by atoms with van der Waals surface area (Å²) in [6.45, 7) is 2.57. The maximum atomic E-state index is 14.7. The molecule has 0 aliphatic rings. The molecule has 4 aromatic rings. The van der Waals surface area contributed by atoms with Crippen molar-refractivity contribution in [3.05, 3.63) is 89.6 Å². The lowest BCUT2D eigenvalue weighted by atomic mass is 10.2. The highest BCUT2D eigenvalue weighted by molar-refractivity contribution is 7.17. The van der Waals surface area contributed by atoms with Gasteiger partial charge in [0, 0.05) is 25.8 Å². The van der Waals surface area contributed by atoms with Gasteiger partial charge in [0.1, 0.15) is 15.6 Å². The number of anilines is 1. The minimum atomic E-state index is -0.583. The highest BCUT2D eigenvalue weighted by atomic mass is 32.1. The first kappa shape index (κ1) is 31.3. The third kappa shape index (κ3) is 10.00. The number of hydrogen-bond acceptors (Lipinski definition) is 10. The topological polar surface area (TPSA) is 104 Å². The Morgan fingerprint density at radius 3 is 1.93 bits per heavy atom. The van der Waals surface area contributed by atoms with E-state index in [2.05, 4.69) is 37.6 Å². The van der Waals surface area contributed by atoms with Gasteiger partial charge < -0.3 is 9.64 Å². The van der Waals surface area contributed by atoms with Gasteiger partial charge in [0.2, 0.25) is 0 Å². The van der Waals surface area contributed by atoms with Gasteiger partial charge in [0.15, 0.2) is 5.82 Å². The third-order valence-electron chi connectivity index (χ3n) is 6.24. The van der Waals surface area contributed by atoms with Gasteiger partial charge in [-0.1, -0.05) is 32.6 Å². The molecule has 0 atom stereocenters. The normalized spacial score (nSPS) is 11.6. The largest absolute Gasteiger partial charge is 0.462 e. The molecule has 4 rings (SSSR count). The number of carbonyl (C=O) groups excluding carboxylic acids is 1. The van der Waals surface area contributed by atoms with E-state index in [1.54, 1.807) is 42.5 Å². The van der Waals surface area contributed by atoms with Crippen molar-refractivity contribution < 1.29 is 13.9 Å². The van der Waals surface area contributed by atoms with Crippen LogP contribution in [-0.4, -0.2) is 26.7 Å². The van der Waals surface area contributed by atoms with Crippen LogP contribution in [0, 0.1) is 5.82 Å². The average molecular weight is 600 g/mol. The van der Waals surface area contributed by atoms with Crippen molar-refractivity contribution >= 4 is 56.4 Å². The van der Waals surface area contributed by atoms with Crippen LogP contribution in [0.4, 0.5) is 43.5 Å². The molecule has 0 unspecified atom stereocenters. The fraction of sp³-hybridized carbons (Fsp3) is 0.281. The Morgan fingerprint density at radius 2 is 1.30 bits per heavy atom. The molecule has 0 saturated carbocycles. The first-order valence-corrected chi connectivity index (χ1v) is 14.9. The van der Waals surface area contributed by atoms with Crippen LogP contribution in [0.2, 0.25) is 0 Å². The summed E-state index contributed by atoms with van der Waals surface area (Å²) in [4.78, 5) is 14.7. The van der Waals surface area contributed by atoms with Crippen LogP contribution in [0.25, 0.3) is 0 Å². The van der Waals surface area contributed by atoms with Gasteiger partial charge in [-0.15, -0.1) is 26.7 Å². The Hall–Kier alpha value is -4.64. The standard InChI is InChI=1S/C32H34FN7O2S/c1-4-5-6-7-8-21-42-32(41)30-19-20-31(43-30)39-37-26-15-18-29(28(33)22-26)38-36-24-11-9-23(10-12-24)34-35-25-13-16-27(17-14-25)40(2)3/h9-20,22H,4-8,21H2,1-3H3. The van der Waals surface area contributed by atoms with Gasteiger partial charge in [-0.05, 0) is 79.2 Å². The molecule has 0 aliphatic heterocycles. The molecule has 0 bridgehead atoms. The minimum Gasteiger partial charge on any atom is -0.462 e. The van der Waals surface area contributed by atoms with Crippen molar-refractivity contribution in [3.8, 4) is 0 Å². The smallest absolute Gasteiger partial charge is 0.348 e. The van der Waals surface area contributed by atoms with Crippen molar-refractivity contribution in [2.45, 2.75) is 39.0 Å². The van der Waals surface area contributed by atoms with Crippen molar-refractivity contribution in [2.75, 3.05) is 25.6 Å². The molecular formula is C32H34FN7O2S. The van der Waals surface area contributed by atoms with Crippen LogP contribution in [0.3, 0.4) is 0 Å². The van der Waals surface area contributed by atoms with Crippen LogP contribution in [-0.2, 0) is 4.74 Å². The zero-order chi connectivity index (χ0) is 30.4. The van der Waals surface area contributed by atoms with Gasteiger partial charge in [-0.25, -0.2) is 9.18 Å². The lowest BCUT2D eigenvalue weighted by Gasteiger charge is -2.11. The van der Waals surface area contributed by atoms with E-state index in [1.165, 1.54) is 36.3 Å². The number of esters is 1. The number of unbranched alkanes of at least 4 members (excludes halogenated alkanes) is 4. The predicted molar refractivity (Wildman–Crippen MR) is 169 cm³/mol. The number of ether oxygens (including phenoxy) is 1. The Kier molecular flexibility index (Phi) is 11.7. The lowest BCUT2D eigenvalue weighted by Crippen LogP contribution is -2.07. The van der Waals surface area contributed by atoms with Gasteiger partial charge in [-0.3, -0.25) is 0 Å². The molecule has 0 N–H and O–H groups in total. The Balaban J connectivity index is 1.28. The molecule has 9 nitrogen and oxygen atoms in total. The molecule has 43 heavy (non-hydrogen) atoms. The Bertz CT molecular complexity index is 1570. The maximum absolute atomic E-state index is 14.7. The Morgan fingerprint density at radius 1 is 0.721 bits per heavy atom. The second-order valence-corrected chi connectivity index (χ2v) is 10.9. The fourth-order valence-electron chi connectivity index (χ4n) is 3.81. The lowest BCUT2D eigenvalue weighted by molar-refractivity contribution is 0.0503. The molecule has 1 heterocycles. The molecule has 0 amide bonds. The summed E-state index contributed by atoms with van der Waals surface area (Å²) in [7, 11) is 3.96. The van der Waals surface area contributed by atoms with Crippen molar-refractivity contribution in [1.82, 2.24) is 0 Å². The van der Waals surface area contributed by atoms with Gasteiger partial charge in [-0.2, -0.15) is 15.3 Å². The number of thiophene rings is 1. The molecule has 0 aliphatic carbocycles. The number of rotatable bonds is 14. The van der Waals surface area contributed by atoms with Crippen LogP contribution < -0.4 is 4.90 Å². The number of benzene rings is 3. The minimum absolute atomic E-state index is 0.0692. The number of nitrogens with zero attached hydrogens (tertiary/aromatic N) is 7. The maximum Gasteiger partial charge on any atom is 0.348 e. The summed E-state index contributed by atoms with van der Waals surface area (Å²) in [5.41, 5.74) is 3.41. The van der Waals surface area contributed by atoms with E-state index in [9.17, 15) is 9.18 Å². The summed E-state index contributed by atoms with van der Waals surface area (Å²) >= 11 is 1.17. The first-order valence-electron chi connectivity index (χ1n) is 14.1.